The number of carbonyl (C=O) groups excluding carboxylic acids is 4. The van der Waals surface area contributed by atoms with E-state index in [1.807, 2.05) is 32.0 Å². The standard InChI is InChI=1S/C27H42N4O5/c1-6-18(2)31(25(34)21(17-22(28)32)30-26(35)36-27(3,4)5)23(19-13-9-7-10-14-19)24(33)29-20-15-11-8-12-16-20/h7,9-10,13-14,18,20-21,23H,6,8,11-12,15-17H2,1-5H3,(H2,28,32)(H,29,33)(H,30,35). The van der Waals surface area contributed by atoms with Gasteiger partial charge in [-0.1, -0.05) is 56.5 Å². The summed E-state index contributed by atoms with van der Waals surface area (Å²) in [4.78, 5) is 53.5. The van der Waals surface area contributed by atoms with Crippen LogP contribution in [0.3, 0.4) is 0 Å². The van der Waals surface area contributed by atoms with E-state index >= 15 is 0 Å². The molecule has 2 rings (SSSR count). The number of benzene rings is 1. The molecule has 0 radical (unpaired) electrons. The highest BCUT2D eigenvalue weighted by molar-refractivity contribution is 5.94. The van der Waals surface area contributed by atoms with Gasteiger partial charge in [-0.2, -0.15) is 0 Å². The average Bonchev–Trinajstić information content (AvgIpc) is 2.80. The molecule has 0 aromatic heterocycles. The molecule has 9 nitrogen and oxygen atoms in total. The molecule has 36 heavy (non-hydrogen) atoms. The van der Waals surface area contributed by atoms with Gasteiger partial charge in [-0.15, -0.1) is 0 Å². The van der Waals surface area contributed by atoms with Crippen LogP contribution in [0.2, 0.25) is 0 Å². The zero-order valence-electron chi connectivity index (χ0n) is 22.2. The summed E-state index contributed by atoms with van der Waals surface area (Å²) in [5.74, 6) is -1.60. The van der Waals surface area contributed by atoms with Gasteiger partial charge in [0.05, 0.1) is 6.42 Å². The summed E-state index contributed by atoms with van der Waals surface area (Å²) < 4.78 is 5.31. The van der Waals surface area contributed by atoms with Crippen molar-refractivity contribution in [2.24, 2.45) is 5.73 Å². The summed E-state index contributed by atoms with van der Waals surface area (Å²) in [5, 5.41) is 5.65. The van der Waals surface area contributed by atoms with Gasteiger partial charge in [0.2, 0.25) is 17.7 Å². The van der Waals surface area contributed by atoms with Gasteiger partial charge in [-0.25, -0.2) is 4.79 Å². The molecular weight excluding hydrogens is 460 g/mol. The third-order valence-corrected chi connectivity index (χ3v) is 6.31. The lowest BCUT2D eigenvalue weighted by Gasteiger charge is -2.39. The fraction of sp³-hybridized carbons (Fsp3) is 0.630. The third-order valence-electron chi connectivity index (χ3n) is 6.31. The van der Waals surface area contributed by atoms with Crippen LogP contribution >= 0.6 is 0 Å². The Kier molecular flexibility index (Phi) is 10.7. The molecule has 1 aliphatic rings. The van der Waals surface area contributed by atoms with Gasteiger partial charge < -0.3 is 26.0 Å². The Morgan fingerprint density at radius 3 is 2.22 bits per heavy atom. The Labute approximate surface area is 214 Å². The van der Waals surface area contributed by atoms with Crippen molar-refractivity contribution in [3.8, 4) is 0 Å². The molecule has 4 N–H and O–H groups in total. The Hall–Kier alpha value is -3.10. The van der Waals surface area contributed by atoms with Crippen molar-refractivity contribution in [2.45, 2.75) is 109 Å². The van der Waals surface area contributed by atoms with Crippen LogP contribution in [0, 0.1) is 0 Å². The Morgan fingerprint density at radius 2 is 1.69 bits per heavy atom. The molecule has 200 valence electrons. The summed E-state index contributed by atoms with van der Waals surface area (Å²) in [6.45, 7) is 8.85. The molecule has 0 bridgehead atoms. The van der Waals surface area contributed by atoms with Crippen molar-refractivity contribution in [3.05, 3.63) is 35.9 Å². The summed E-state index contributed by atoms with van der Waals surface area (Å²) in [6.07, 6.45) is 4.35. The highest BCUT2D eigenvalue weighted by atomic mass is 16.6. The van der Waals surface area contributed by atoms with E-state index in [2.05, 4.69) is 10.6 Å². The van der Waals surface area contributed by atoms with E-state index in [0.717, 1.165) is 32.1 Å². The highest BCUT2D eigenvalue weighted by Gasteiger charge is 2.39. The molecule has 1 aromatic rings. The minimum Gasteiger partial charge on any atom is -0.444 e. The normalized spacial score (nSPS) is 16.8. The lowest BCUT2D eigenvalue weighted by molar-refractivity contribution is -0.146. The Balaban J connectivity index is 2.44. The van der Waals surface area contributed by atoms with E-state index in [4.69, 9.17) is 10.5 Å². The number of carbonyl (C=O) groups is 4. The molecule has 9 heteroatoms. The van der Waals surface area contributed by atoms with Crippen LogP contribution in [0.1, 0.15) is 91.2 Å². The lowest BCUT2D eigenvalue weighted by Crippen LogP contribution is -2.56. The fourth-order valence-corrected chi connectivity index (χ4v) is 4.43. The predicted molar refractivity (Wildman–Crippen MR) is 138 cm³/mol. The maximum Gasteiger partial charge on any atom is 0.408 e. The minimum absolute atomic E-state index is 0.0488. The first-order valence-corrected chi connectivity index (χ1v) is 12.9. The summed E-state index contributed by atoms with van der Waals surface area (Å²) >= 11 is 0. The van der Waals surface area contributed by atoms with Crippen LogP contribution in [0.4, 0.5) is 4.79 Å². The second-order valence-electron chi connectivity index (χ2n) is 10.5. The van der Waals surface area contributed by atoms with Gasteiger partial charge in [0.25, 0.3) is 0 Å². The molecule has 1 aliphatic carbocycles. The smallest absolute Gasteiger partial charge is 0.408 e. The number of amides is 4. The third kappa shape index (κ3) is 8.84. The van der Waals surface area contributed by atoms with Crippen LogP contribution < -0.4 is 16.4 Å². The van der Waals surface area contributed by atoms with E-state index in [-0.39, 0.29) is 18.0 Å². The number of hydrogen-bond acceptors (Lipinski definition) is 5. The maximum atomic E-state index is 14.0. The number of hydrogen-bond donors (Lipinski definition) is 3. The largest absolute Gasteiger partial charge is 0.444 e. The molecular formula is C27H42N4O5. The number of ether oxygens (including phenoxy) is 1. The SMILES string of the molecule is CCC(C)N(C(=O)C(CC(N)=O)NC(=O)OC(C)(C)C)C(C(=O)NC1CCCCC1)c1ccccc1. The van der Waals surface area contributed by atoms with E-state index in [1.54, 1.807) is 32.9 Å². The van der Waals surface area contributed by atoms with E-state index in [9.17, 15) is 19.2 Å². The summed E-state index contributed by atoms with van der Waals surface area (Å²) in [7, 11) is 0. The van der Waals surface area contributed by atoms with Crippen LogP contribution in [-0.2, 0) is 19.1 Å². The molecule has 3 unspecified atom stereocenters. The number of rotatable bonds is 10. The molecule has 0 spiro atoms. The molecule has 0 heterocycles. The second kappa shape index (κ2) is 13.3. The van der Waals surface area contributed by atoms with Crippen LogP contribution in [0.25, 0.3) is 0 Å². The van der Waals surface area contributed by atoms with E-state index in [0.29, 0.717) is 12.0 Å². The van der Waals surface area contributed by atoms with Gasteiger partial charge in [0.1, 0.15) is 17.7 Å². The van der Waals surface area contributed by atoms with Crippen molar-refractivity contribution < 1.29 is 23.9 Å². The summed E-state index contributed by atoms with van der Waals surface area (Å²) in [6, 6.07) is 6.55. The van der Waals surface area contributed by atoms with Crippen molar-refractivity contribution in [1.29, 1.82) is 0 Å². The Morgan fingerprint density at radius 1 is 1.08 bits per heavy atom. The monoisotopic (exact) mass is 502 g/mol. The molecule has 3 atom stereocenters. The van der Waals surface area contributed by atoms with Crippen LogP contribution in [0.15, 0.2) is 30.3 Å². The van der Waals surface area contributed by atoms with Crippen LogP contribution in [-0.4, -0.2) is 52.4 Å². The molecule has 1 fully saturated rings. The van der Waals surface area contributed by atoms with Crippen molar-refractivity contribution in [1.82, 2.24) is 15.5 Å². The van der Waals surface area contributed by atoms with Gasteiger partial charge in [-0.3, -0.25) is 14.4 Å². The second-order valence-corrected chi connectivity index (χ2v) is 10.5. The van der Waals surface area contributed by atoms with E-state index in [1.165, 1.54) is 4.90 Å². The van der Waals surface area contributed by atoms with E-state index < -0.39 is 42.0 Å². The highest BCUT2D eigenvalue weighted by Crippen LogP contribution is 2.28. The maximum absolute atomic E-state index is 14.0. The molecule has 0 aliphatic heterocycles. The van der Waals surface area contributed by atoms with Gasteiger partial charge in [0.15, 0.2) is 0 Å². The first kappa shape index (κ1) is 29.1. The predicted octanol–water partition coefficient (Wildman–Crippen LogP) is 3.57. The molecule has 0 saturated heterocycles. The zero-order valence-corrected chi connectivity index (χ0v) is 22.2. The van der Waals surface area contributed by atoms with Crippen LogP contribution in [0.5, 0.6) is 0 Å². The number of alkyl carbamates (subject to hydrolysis) is 1. The fourth-order valence-electron chi connectivity index (χ4n) is 4.43. The number of nitrogens with two attached hydrogens (primary N) is 1. The summed E-state index contributed by atoms with van der Waals surface area (Å²) in [5.41, 5.74) is 5.28. The van der Waals surface area contributed by atoms with Gasteiger partial charge in [-0.05, 0) is 52.5 Å². The quantitative estimate of drug-likeness (QED) is 0.450. The van der Waals surface area contributed by atoms with Crippen molar-refractivity contribution in [3.63, 3.8) is 0 Å². The number of primary amides is 1. The Bertz CT molecular complexity index is 893. The molecule has 4 amide bonds. The topological polar surface area (TPSA) is 131 Å². The number of nitrogens with one attached hydrogen (secondary N) is 2. The lowest BCUT2D eigenvalue weighted by atomic mass is 9.94. The first-order valence-electron chi connectivity index (χ1n) is 12.9. The minimum atomic E-state index is -1.28. The first-order chi connectivity index (χ1) is 16.9. The molecule has 1 saturated carbocycles. The van der Waals surface area contributed by atoms with Gasteiger partial charge >= 0.3 is 6.09 Å². The van der Waals surface area contributed by atoms with Crippen molar-refractivity contribution >= 4 is 23.8 Å². The van der Waals surface area contributed by atoms with Crippen molar-refractivity contribution in [2.75, 3.05) is 0 Å². The zero-order chi connectivity index (χ0) is 26.9. The molecule has 1 aromatic carbocycles. The van der Waals surface area contributed by atoms with Gasteiger partial charge in [0, 0.05) is 12.1 Å². The number of nitrogens with zero attached hydrogens (tertiary/aromatic N) is 1. The average molecular weight is 503 g/mol.